The van der Waals surface area contributed by atoms with Crippen LogP contribution in [0.4, 0.5) is 4.39 Å². The fourth-order valence-corrected chi connectivity index (χ4v) is 4.37. The van der Waals surface area contributed by atoms with Gasteiger partial charge in [0.25, 0.3) is 11.8 Å². The van der Waals surface area contributed by atoms with Gasteiger partial charge in [0.05, 0.1) is 6.61 Å². The minimum Gasteiger partial charge on any atom is -0.493 e. The Hall–Kier alpha value is -2.89. The molecular formula is C25H29FN2O3. The lowest BCUT2D eigenvalue weighted by molar-refractivity contribution is 0.0631. The van der Waals surface area contributed by atoms with Gasteiger partial charge in [-0.15, -0.1) is 0 Å². The SMILES string of the molecule is O=C(c1cccc(OC[C@H]2CCCN(C(=O)c3ccc(F)cc3)C2)c1)N1CCCCC1. The maximum absolute atomic E-state index is 13.1. The van der Waals surface area contributed by atoms with Crippen LogP contribution in [0.25, 0.3) is 0 Å². The molecule has 1 atom stereocenters. The summed E-state index contributed by atoms with van der Waals surface area (Å²) in [6.45, 7) is 3.46. The average Bonchev–Trinajstić information content (AvgIpc) is 2.83. The number of benzene rings is 2. The van der Waals surface area contributed by atoms with E-state index in [4.69, 9.17) is 4.74 Å². The molecule has 0 aromatic heterocycles. The number of likely N-dealkylation sites (tertiary alicyclic amines) is 2. The number of rotatable bonds is 5. The van der Waals surface area contributed by atoms with Crippen LogP contribution >= 0.6 is 0 Å². The van der Waals surface area contributed by atoms with Gasteiger partial charge in [0, 0.05) is 43.2 Å². The van der Waals surface area contributed by atoms with Gasteiger partial charge >= 0.3 is 0 Å². The van der Waals surface area contributed by atoms with E-state index in [2.05, 4.69) is 0 Å². The third kappa shape index (κ3) is 5.43. The van der Waals surface area contributed by atoms with Crippen LogP contribution in [0.2, 0.25) is 0 Å². The summed E-state index contributed by atoms with van der Waals surface area (Å²) in [6, 6.07) is 13.1. The van der Waals surface area contributed by atoms with E-state index >= 15 is 0 Å². The summed E-state index contributed by atoms with van der Waals surface area (Å²) in [7, 11) is 0. The minimum atomic E-state index is -0.345. The zero-order chi connectivity index (χ0) is 21.6. The summed E-state index contributed by atoms with van der Waals surface area (Å²) >= 11 is 0. The summed E-state index contributed by atoms with van der Waals surface area (Å²) in [4.78, 5) is 29.2. The Bertz CT molecular complexity index is 909. The van der Waals surface area contributed by atoms with E-state index in [0.717, 1.165) is 38.8 Å². The highest BCUT2D eigenvalue weighted by atomic mass is 19.1. The molecule has 2 heterocycles. The van der Waals surface area contributed by atoms with E-state index in [1.54, 1.807) is 0 Å². The van der Waals surface area contributed by atoms with Crippen molar-refractivity contribution in [3.8, 4) is 5.75 Å². The topological polar surface area (TPSA) is 49.9 Å². The predicted molar refractivity (Wildman–Crippen MR) is 117 cm³/mol. The molecule has 31 heavy (non-hydrogen) atoms. The molecule has 6 heteroatoms. The van der Waals surface area contributed by atoms with Crippen molar-refractivity contribution in [1.82, 2.24) is 9.80 Å². The van der Waals surface area contributed by atoms with Crippen LogP contribution in [-0.4, -0.2) is 54.4 Å². The Balaban J connectivity index is 1.33. The number of amides is 2. The summed E-state index contributed by atoms with van der Waals surface area (Å²) in [6.07, 6.45) is 5.22. The molecule has 2 saturated heterocycles. The number of nitrogens with zero attached hydrogens (tertiary/aromatic N) is 2. The van der Waals surface area contributed by atoms with Gasteiger partial charge in [-0.1, -0.05) is 6.07 Å². The maximum atomic E-state index is 13.1. The van der Waals surface area contributed by atoms with Crippen molar-refractivity contribution in [2.75, 3.05) is 32.8 Å². The molecule has 0 spiro atoms. The summed E-state index contributed by atoms with van der Waals surface area (Å²) < 4.78 is 19.1. The van der Waals surface area contributed by atoms with E-state index in [-0.39, 0.29) is 23.5 Å². The van der Waals surface area contributed by atoms with Gasteiger partial charge in [-0.2, -0.15) is 0 Å². The molecule has 0 aliphatic carbocycles. The highest BCUT2D eigenvalue weighted by Crippen LogP contribution is 2.22. The van der Waals surface area contributed by atoms with Gasteiger partial charge in [0.15, 0.2) is 0 Å². The second-order valence-electron chi connectivity index (χ2n) is 8.46. The van der Waals surface area contributed by atoms with E-state index in [1.807, 2.05) is 34.1 Å². The first-order valence-corrected chi connectivity index (χ1v) is 11.2. The lowest BCUT2D eigenvalue weighted by atomic mass is 9.98. The molecule has 0 unspecified atom stereocenters. The number of piperidine rings is 2. The van der Waals surface area contributed by atoms with Crippen molar-refractivity contribution in [2.24, 2.45) is 5.92 Å². The summed E-state index contributed by atoms with van der Waals surface area (Å²) in [5.41, 5.74) is 1.17. The van der Waals surface area contributed by atoms with Gasteiger partial charge in [-0.25, -0.2) is 4.39 Å². The Morgan fingerprint density at radius 3 is 2.35 bits per heavy atom. The van der Waals surface area contributed by atoms with Crippen molar-refractivity contribution in [1.29, 1.82) is 0 Å². The quantitative estimate of drug-likeness (QED) is 0.716. The molecule has 164 valence electrons. The third-order valence-corrected chi connectivity index (χ3v) is 6.11. The molecule has 0 radical (unpaired) electrons. The molecule has 2 aromatic rings. The second-order valence-corrected chi connectivity index (χ2v) is 8.46. The fourth-order valence-electron chi connectivity index (χ4n) is 4.37. The number of hydrogen-bond acceptors (Lipinski definition) is 3. The Morgan fingerprint density at radius 1 is 0.871 bits per heavy atom. The lowest BCUT2D eigenvalue weighted by Gasteiger charge is -2.32. The molecular weight excluding hydrogens is 395 g/mol. The fraction of sp³-hybridized carbons (Fsp3) is 0.440. The van der Waals surface area contributed by atoms with Crippen LogP contribution in [0.3, 0.4) is 0 Å². The molecule has 2 fully saturated rings. The van der Waals surface area contributed by atoms with Gasteiger partial charge < -0.3 is 14.5 Å². The van der Waals surface area contributed by atoms with Crippen molar-refractivity contribution < 1.29 is 18.7 Å². The first kappa shape index (κ1) is 21.3. The molecule has 4 rings (SSSR count). The Kier molecular flexibility index (Phi) is 6.85. The normalized spacial score (nSPS) is 19.2. The number of hydrogen-bond donors (Lipinski definition) is 0. The molecule has 5 nitrogen and oxygen atoms in total. The first-order valence-electron chi connectivity index (χ1n) is 11.2. The summed E-state index contributed by atoms with van der Waals surface area (Å²) in [5, 5.41) is 0. The van der Waals surface area contributed by atoms with E-state index < -0.39 is 0 Å². The molecule has 0 bridgehead atoms. The zero-order valence-corrected chi connectivity index (χ0v) is 17.8. The van der Waals surface area contributed by atoms with Crippen LogP contribution in [-0.2, 0) is 0 Å². The van der Waals surface area contributed by atoms with E-state index in [9.17, 15) is 14.0 Å². The number of carbonyl (C=O) groups excluding carboxylic acids is 2. The van der Waals surface area contributed by atoms with Gasteiger partial charge in [-0.05, 0) is 74.6 Å². The van der Waals surface area contributed by atoms with E-state index in [0.29, 0.717) is 36.6 Å². The first-order chi connectivity index (χ1) is 15.1. The highest BCUT2D eigenvalue weighted by molar-refractivity contribution is 5.95. The standard InChI is InChI=1S/C25H29FN2O3/c26-22-11-9-20(10-12-22)24(29)28-15-5-6-19(17-28)18-31-23-8-4-7-21(16-23)25(30)27-13-2-1-3-14-27/h4,7-12,16,19H,1-3,5-6,13-15,17-18H2/t19-/m0/s1. The Morgan fingerprint density at radius 2 is 1.58 bits per heavy atom. The second kappa shape index (κ2) is 9.94. The molecule has 2 aromatic carbocycles. The minimum absolute atomic E-state index is 0.0684. The van der Waals surface area contributed by atoms with Crippen LogP contribution in [0, 0.1) is 11.7 Å². The molecule has 2 aliphatic heterocycles. The maximum Gasteiger partial charge on any atom is 0.253 e. The third-order valence-electron chi connectivity index (χ3n) is 6.11. The van der Waals surface area contributed by atoms with Gasteiger partial charge in [-0.3, -0.25) is 9.59 Å². The van der Waals surface area contributed by atoms with Crippen molar-refractivity contribution >= 4 is 11.8 Å². The smallest absolute Gasteiger partial charge is 0.253 e. The highest BCUT2D eigenvalue weighted by Gasteiger charge is 2.25. The van der Waals surface area contributed by atoms with Crippen LogP contribution in [0.5, 0.6) is 5.75 Å². The molecule has 0 saturated carbocycles. The molecule has 0 N–H and O–H groups in total. The van der Waals surface area contributed by atoms with Crippen molar-refractivity contribution in [3.05, 3.63) is 65.5 Å². The predicted octanol–water partition coefficient (Wildman–Crippen LogP) is 4.38. The molecule has 2 aliphatic rings. The van der Waals surface area contributed by atoms with Crippen LogP contribution in [0.15, 0.2) is 48.5 Å². The number of ether oxygens (including phenoxy) is 1. The molecule has 2 amide bonds. The zero-order valence-electron chi connectivity index (χ0n) is 17.8. The summed E-state index contributed by atoms with van der Waals surface area (Å²) in [5.74, 6) is 0.560. The number of carbonyl (C=O) groups is 2. The Labute approximate surface area is 182 Å². The van der Waals surface area contributed by atoms with Crippen molar-refractivity contribution in [2.45, 2.75) is 32.1 Å². The monoisotopic (exact) mass is 424 g/mol. The lowest BCUT2D eigenvalue weighted by Crippen LogP contribution is -2.41. The van der Waals surface area contributed by atoms with Crippen molar-refractivity contribution in [3.63, 3.8) is 0 Å². The average molecular weight is 425 g/mol. The van der Waals surface area contributed by atoms with E-state index in [1.165, 1.54) is 30.7 Å². The van der Waals surface area contributed by atoms with Crippen LogP contribution in [0.1, 0.15) is 52.8 Å². The number of halogens is 1. The van der Waals surface area contributed by atoms with Gasteiger partial charge in [0.1, 0.15) is 11.6 Å². The van der Waals surface area contributed by atoms with Gasteiger partial charge in [0.2, 0.25) is 0 Å². The largest absolute Gasteiger partial charge is 0.493 e. The van der Waals surface area contributed by atoms with Crippen LogP contribution < -0.4 is 4.74 Å².